The van der Waals surface area contributed by atoms with Gasteiger partial charge in [0.15, 0.2) is 5.96 Å². The molecule has 0 heterocycles. The standard InChI is InChI=1S/C20H27N3O.HI/c1-4-21-20(23-15-18-11-6-5-9-16(18)2)22-14-13-17-10-7-8-12-19(17)24-3;/h5-12H,4,13-15H2,1-3H3,(H2,21,22,23);1H. The summed E-state index contributed by atoms with van der Waals surface area (Å²) in [5.74, 6) is 1.77. The summed E-state index contributed by atoms with van der Waals surface area (Å²) in [4.78, 5) is 4.68. The van der Waals surface area contributed by atoms with Crippen LogP contribution >= 0.6 is 24.0 Å². The van der Waals surface area contributed by atoms with Crippen LogP contribution in [0, 0.1) is 6.92 Å². The first kappa shape index (κ1) is 21.3. The lowest BCUT2D eigenvalue weighted by molar-refractivity contribution is 0.409. The molecule has 5 heteroatoms. The summed E-state index contributed by atoms with van der Waals surface area (Å²) < 4.78 is 5.40. The molecule has 136 valence electrons. The normalized spacial score (nSPS) is 10.8. The van der Waals surface area contributed by atoms with Crippen molar-refractivity contribution in [2.45, 2.75) is 26.8 Å². The summed E-state index contributed by atoms with van der Waals surface area (Å²) in [6.07, 6.45) is 0.888. The van der Waals surface area contributed by atoms with Crippen LogP contribution < -0.4 is 15.4 Å². The van der Waals surface area contributed by atoms with E-state index in [0.717, 1.165) is 31.2 Å². The number of hydrogen-bond acceptors (Lipinski definition) is 2. The van der Waals surface area contributed by atoms with Crippen molar-refractivity contribution in [3.8, 4) is 5.75 Å². The van der Waals surface area contributed by atoms with Gasteiger partial charge in [0, 0.05) is 13.1 Å². The molecule has 2 N–H and O–H groups in total. The molecule has 0 fully saturated rings. The van der Waals surface area contributed by atoms with Crippen LogP contribution in [0.25, 0.3) is 0 Å². The lowest BCUT2D eigenvalue weighted by Crippen LogP contribution is -2.38. The smallest absolute Gasteiger partial charge is 0.191 e. The Morgan fingerprint density at radius 3 is 2.36 bits per heavy atom. The Hall–Kier alpha value is -1.76. The van der Waals surface area contributed by atoms with Gasteiger partial charge in [-0.2, -0.15) is 0 Å². The molecular weight excluding hydrogens is 425 g/mol. The summed E-state index contributed by atoms with van der Waals surface area (Å²) in [5.41, 5.74) is 3.72. The molecule has 0 saturated carbocycles. The summed E-state index contributed by atoms with van der Waals surface area (Å²) in [5, 5.41) is 6.69. The Labute approximate surface area is 168 Å². The third-order valence-corrected chi connectivity index (χ3v) is 3.89. The maximum atomic E-state index is 5.40. The van der Waals surface area contributed by atoms with Crippen LogP contribution in [0.15, 0.2) is 53.5 Å². The van der Waals surface area contributed by atoms with Gasteiger partial charge in [-0.25, -0.2) is 4.99 Å². The maximum absolute atomic E-state index is 5.40. The molecule has 0 amide bonds. The lowest BCUT2D eigenvalue weighted by atomic mass is 10.1. The molecule has 2 aromatic rings. The van der Waals surface area contributed by atoms with Crippen molar-refractivity contribution in [2.75, 3.05) is 20.2 Å². The second kappa shape index (κ2) is 11.7. The molecule has 2 rings (SSSR count). The highest BCUT2D eigenvalue weighted by molar-refractivity contribution is 14.0. The van der Waals surface area contributed by atoms with E-state index in [9.17, 15) is 0 Å². The largest absolute Gasteiger partial charge is 0.496 e. The van der Waals surface area contributed by atoms with Crippen LogP contribution in [0.5, 0.6) is 5.75 Å². The third-order valence-electron chi connectivity index (χ3n) is 3.89. The molecule has 0 aliphatic heterocycles. The van der Waals surface area contributed by atoms with E-state index in [1.807, 2.05) is 18.2 Å². The minimum Gasteiger partial charge on any atom is -0.496 e. The van der Waals surface area contributed by atoms with Crippen molar-refractivity contribution in [1.82, 2.24) is 10.6 Å². The van der Waals surface area contributed by atoms with Crippen molar-refractivity contribution in [2.24, 2.45) is 4.99 Å². The van der Waals surface area contributed by atoms with E-state index < -0.39 is 0 Å². The van der Waals surface area contributed by atoms with Crippen LogP contribution in [-0.2, 0) is 13.0 Å². The van der Waals surface area contributed by atoms with Crippen molar-refractivity contribution in [3.05, 3.63) is 65.2 Å². The number of methoxy groups -OCH3 is 1. The average molecular weight is 453 g/mol. The molecule has 0 atom stereocenters. The lowest BCUT2D eigenvalue weighted by Gasteiger charge is -2.13. The fourth-order valence-corrected chi connectivity index (χ4v) is 2.52. The highest BCUT2D eigenvalue weighted by atomic mass is 127. The minimum absolute atomic E-state index is 0. The average Bonchev–Trinajstić information content (AvgIpc) is 2.61. The first-order valence-electron chi connectivity index (χ1n) is 8.43. The number of ether oxygens (including phenoxy) is 1. The van der Waals surface area contributed by atoms with Gasteiger partial charge in [0.05, 0.1) is 13.7 Å². The summed E-state index contributed by atoms with van der Waals surface area (Å²) in [7, 11) is 1.71. The number of para-hydroxylation sites is 1. The predicted octanol–water partition coefficient (Wildman–Crippen LogP) is 3.92. The first-order chi connectivity index (χ1) is 11.7. The molecule has 0 unspecified atom stereocenters. The Bertz CT molecular complexity index is 673. The Balaban J connectivity index is 0.00000312. The zero-order chi connectivity index (χ0) is 17.2. The number of guanidine groups is 1. The van der Waals surface area contributed by atoms with E-state index >= 15 is 0 Å². The highest BCUT2D eigenvalue weighted by Gasteiger charge is 2.03. The summed E-state index contributed by atoms with van der Waals surface area (Å²) in [6, 6.07) is 16.5. The number of nitrogens with zero attached hydrogens (tertiary/aromatic N) is 1. The Morgan fingerprint density at radius 2 is 1.68 bits per heavy atom. The number of nitrogens with one attached hydrogen (secondary N) is 2. The molecular formula is C20H28IN3O. The Morgan fingerprint density at radius 1 is 1.00 bits per heavy atom. The van der Waals surface area contributed by atoms with Gasteiger partial charge in [-0.05, 0) is 43.0 Å². The molecule has 0 saturated heterocycles. The SMILES string of the molecule is CCNC(=NCc1ccccc1C)NCCc1ccccc1OC.I. The van der Waals surface area contributed by atoms with E-state index in [4.69, 9.17) is 4.74 Å². The van der Waals surface area contributed by atoms with Crippen LogP contribution in [0.2, 0.25) is 0 Å². The second-order valence-corrected chi connectivity index (χ2v) is 5.61. The van der Waals surface area contributed by atoms with Gasteiger partial charge in [0.2, 0.25) is 0 Å². The molecule has 0 aromatic heterocycles. The zero-order valence-corrected chi connectivity index (χ0v) is 17.5. The van der Waals surface area contributed by atoms with Gasteiger partial charge >= 0.3 is 0 Å². The van der Waals surface area contributed by atoms with Crippen molar-refractivity contribution < 1.29 is 4.74 Å². The molecule has 0 spiro atoms. The number of halogens is 1. The van der Waals surface area contributed by atoms with E-state index in [1.54, 1.807) is 7.11 Å². The van der Waals surface area contributed by atoms with Crippen molar-refractivity contribution >= 4 is 29.9 Å². The van der Waals surface area contributed by atoms with Crippen LogP contribution in [-0.4, -0.2) is 26.2 Å². The molecule has 0 aliphatic rings. The monoisotopic (exact) mass is 453 g/mol. The number of benzene rings is 2. The van der Waals surface area contributed by atoms with Gasteiger partial charge in [0.25, 0.3) is 0 Å². The van der Waals surface area contributed by atoms with Crippen LogP contribution in [0.4, 0.5) is 0 Å². The zero-order valence-electron chi connectivity index (χ0n) is 15.2. The fraction of sp³-hybridized carbons (Fsp3) is 0.350. The van der Waals surface area contributed by atoms with Gasteiger partial charge in [-0.15, -0.1) is 24.0 Å². The number of rotatable bonds is 7. The van der Waals surface area contributed by atoms with E-state index in [0.29, 0.717) is 6.54 Å². The van der Waals surface area contributed by atoms with Crippen LogP contribution in [0.3, 0.4) is 0 Å². The number of aryl methyl sites for hydroxylation is 1. The minimum atomic E-state index is 0. The van der Waals surface area contributed by atoms with E-state index in [1.165, 1.54) is 16.7 Å². The molecule has 0 bridgehead atoms. The number of aliphatic imine (C=N–C) groups is 1. The number of hydrogen-bond donors (Lipinski definition) is 2. The van der Waals surface area contributed by atoms with Gasteiger partial charge in [0.1, 0.15) is 5.75 Å². The maximum Gasteiger partial charge on any atom is 0.191 e. The second-order valence-electron chi connectivity index (χ2n) is 5.61. The first-order valence-corrected chi connectivity index (χ1v) is 8.43. The van der Waals surface area contributed by atoms with E-state index in [2.05, 4.69) is 59.8 Å². The summed E-state index contributed by atoms with van der Waals surface area (Å²) >= 11 is 0. The Kier molecular flexibility index (Phi) is 9.99. The van der Waals surface area contributed by atoms with Gasteiger partial charge in [-0.1, -0.05) is 42.5 Å². The predicted molar refractivity (Wildman–Crippen MR) is 116 cm³/mol. The molecule has 0 radical (unpaired) electrons. The van der Waals surface area contributed by atoms with Crippen LogP contribution in [0.1, 0.15) is 23.6 Å². The molecule has 0 aliphatic carbocycles. The molecule has 25 heavy (non-hydrogen) atoms. The quantitative estimate of drug-likeness (QED) is 0.380. The summed E-state index contributed by atoms with van der Waals surface area (Å²) in [6.45, 7) is 6.52. The van der Waals surface area contributed by atoms with Gasteiger partial charge in [-0.3, -0.25) is 0 Å². The molecule has 2 aromatic carbocycles. The fourth-order valence-electron chi connectivity index (χ4n) is 2.52. The topological polar surface area (TPSA) is 45.7 Å². The van der Waals surface area contributed by atoms with Crippen molar-refractivity contribution in [3.63, 3.8) is 0 Å². The molecule has 4 nitrogen and oxygen atoms in total. The van der Waals surface area contributed by atoms with Gasteiger partial charge < -0.3 is 15.4 Å². The van der Waals surface area contributed by atoms with Crippen molar-refractivity contribution in [1.29, 1.82) is 0 Å². The highest BCUT2D eigenvalue weighted by Crippen LogP contribution is 2.17. The third kappa shape index (κ3) is 6.94. The van der Waals surface area contributed by atoms with E-state index in [-0.39, 0.29) is 24.0 Å².